The van der Waals surface area contributed by atoms with Gasteiger partial charge in [-0.3, -0.25) is 0 Å². The molecule has 0 spiro atoms. The van der Waals surface area contributed by atoms with Gasteiger partial charge in [-0.1, -0.05) is 18.5 Å². The third-order valence-corrected chi connectivity index (χ3v) is 2.03. The van der Waals surface area contributed by atoms with E-state index in [4.69, 9.17) is 21.4 Å². The van der Waals surface area contributed by atoms with Gasteiger partial charge in [-0.2, -0.15) is 0 Å². The van der Waals surface area contributed by atoms with Crippen LogP contribution in [0.25, 0.3) is 0 Å². The van der Waals surface area contributed by atoms with Crippen LogP contribution in [0.3, 0.4) is 0 Å². The van der Waals surface area contributed by atoms with E-state index >= 15 is 0 Å². The van der Waals surface area contributed by atoms with Crippen LogP contribution in [-0.2, 0) is 9.78 Å². The maximum Gasteiger partial charge on any atom is 0.176 e. The highest BCUT2D eigenvalue weighted by Gasteiger charge is 2.29. The molecule has 0 aromatic heterocycles. The van der Waals surface area contributed by atoms with E-state index in [2.05, 4.69) is 0 Å². The van der Waals surface area contributed by atoms with Crippen molar-refractivity contribution in [3.8, 4) is 0 Å². The van der Waals surface area contributed by atoms with Gasteiger partial charge in [-0.25, -0.2) is 9.78 Å². The molecule has 1 fully saturated rings. The molecule has 0 radical (unpaired) electrons. The monoisotopic (exact) mass is 150 g/mol. The van der Waals surface area contributed by atoms with E-state index in [0.717, 1.165) is 19.3 Å². The van der Waals surface area contributed by atoms with Crippen LogP contribution in [0.4, 0.5) is 0 Å². The average Bonchev–Trinajstić information content (AvgIpc) is 1.90. The molecule has 1 aliphatic heterocycles. The quantitative estimate of drug-likeness (QED) is 0.421. The van der Waals surface area contributed by atoms with Gasteiger partial charge in [0.2, 0.25) is 0 Å². The first kappa shape index (κ1) is 7.32. The molecule has 0 amide bonds. The Balaban J connectivity index is 2.37. The molecule has 0 aromatic carbocycles. The van der Waals surface area contributed by atoms with Gasteiger partial charge in [0.05, 0.1) is 6.61 Å². The number of hydrogen-bond donors (Lipinski definition) is 0. The van der Waals surface area contributed by atoms with Crippen molar-refractivity contribution in [2.45, 2.75) is 31.2 Å². The zero-order chi connectivity index (χ0) is 6.74. The lowest BCUT2D eigenvalue weighted by atomic mass is 10.1. The van der Waals surface area contributed by atoms with Crippen molar-refractivity contribution in [2.24, 2.45) is 0 Å². The van der Waals surface area contributed by atoms with Gasteiger partial charge in [0.25, 0.3) is 0 Å². The van der Waals surface area contributed by atoms with Crippen LogP contribution in [0.15, 0.2) is 0 Å². The molecule has 1 saturated heterocycles. The first-order valence-corrected chi connectivity index (χ1v) is 3.64. The molecule has 1 rings (SSSR count). The second-order valence-corrected chi connectivity index (χ2v) is 2.93. The second-order valence-electron chi connectivity index (χ2n) is 2.25. The highest BCUT2D eigenvalue weighted by atomic mass is 35.5. The molecular formula is C6H11ClO2. The highest BCUT2D eigenvalue weighted by molar-refractivity contribution is 6.22. The van der Waals surface area contributed by atoms with Gasteiger partial charge in [0.1, 0.15) is 0 Å². The van der Waals surface area contributed by atoms with Gasteiger partial charge in [0.15, 0.2) is 5.06 Å². The Morgan fingerprint density at radius 3 is 2.78 bits per heavy atom. The van der Waals surface area contributed by atoms with Crippen LogP contribution in [0.5, 0.6) is 0 Å². The standard InChI is InChI=1S/C6H11ClO2/c1-2-6(7)4-3-5-8-9-6/h2-5H2,1H3. The van der Waals surface area contributed by atoms with Crippen LogP contribution in [0.2, 0.25) is 0 Å². The number of halogens is 1. The van der Waals surface area contributed by atoms with Gasteiger partial charge in [-0.15, -0.1) is 0 Å². The summed E-state index contributed by atoms with van der Waals surface area (Å²) in [6.07, 6.45) is 2.69. The summed E-state index contributed by atoms with van der Waals surface area (Å²) in [6, 6.07) is 0. The lowest BCUT2D eigenvalue weighted by Crippen LogP contribution is -2.29. The van der Waals surface area contributed by atoms with Gasteiger partial charge < -0.3 is 0 Å². The fraction of sp³-hybridized carbons (Fsp3) is 1.00. The Bertz CT molecular complexity index is 89.1. The third kappa shape index (κ3) is 1.81. The molecule has 0 aromatic rings. The molecular weight excluding hydrogens is 140 g/mol. The lowest BCUT2D eigenvalue weighted by molar-refractivity contribution is -0.359. The minimum atomic E-state index is -0.530. The maximum absolute atomic E-state index is 5.91. The van der Waals surface area contributed by atoms with Crippen LogP contribution in [0, 0.1) is 0 Å². The Kier molecular flexibility index (Phi) is 2.33. The summed E-state index contributed by atoms with van der Waals surface area (Å²) in [5, 5.41) is -0.530. The zero-order valence-electron chi connectivity index (χ0n) is 5.52. The molecule has 0 bridgehead atoms. The molecule has 1 atom stereocenters. The summed E-state index contributed by atoms with van der Waals surface area (Å²) in [4.78, 5) is 9.62. The smallest absolute Gasteiger partial charge is 0.176 e. The fourth-order valence-electron chi connectivity index (χ4n) is 0.820. The number of rotatable bonds is 1. The number of alkyl halides is 1. The molecule has 0 aliphatic carbocycles. The molecule has 1 aliphatic rings. The zero-order valence-corrected chi connectivity index (χ0v) is 6.28. The van der Waals surface area contributed by atoms with E-state index < -0.39 is 5.06 Å². The van der Waals surface area contributed by atoms with E-state index in [1.807, 2.05) is 6.92 Å². The second kappa shape index (κ2) is 2.86. The summed E-state index contributed by atoms with van der Waals surface area (Å²) in [7, 11) is 0. The predicted molar refractivity (Wildman–Crippen MR) is 35.1 cm³/mol. The fourth-order valence-corrected chi connectivity index (χ4v) is 0.998. The molecule has 0 saturated carbocycles. The Labute approximate surface area is 60.0 Å². The first-order valence-electron chi connectivity index (χ1n) is 3.26. The molecule has 54 valence electrons. The van der Waals surface area contributed by atoms with Gasteiger partial charge >= 0.3 is 0 Å². The molecule has 3 heteroatoms. The Morgan fingerprint density at radius 1 is 1.67 bits per heavy atom. The minimum absolute atomic E-state index is 0.530. The molecule has 1 unspecified atom stereocenters. The highest BCUT2D eigenvalue weighted by Crippen LogP contribution is 2.30. The summed E-state index contributed by atoms with van der Waals surface area (Å²) in [5.74, 6) is 0. The first-order chi connectivity index (χ1) is 4.27. The molecule has 9 heavy (non-hydrogen) atoms. The maximum atomic E-state index is 5.91. The van der Waals surface area contributed by atoms with Crippen molar-refractivity contribution in [1.82, 2.24) is 0 Å². The Hall–Kier alpha value is 0.210. The van der Waals surface area contributed by atoms with E-state index in [-0.39, 0.29) is 0 Å². The summed E-state index contributed by atoms with van der Waals surface area (Å²) in [5.41, 5.74) is 0. The van der Waals surface area contributed by atoms with Gasteiger partial charge in [0, 0.05) is 0 Å². The van der Waals surface area contributed by atoms with Crippen molar-refractivity contribution >= 4 is 11.6 Å². The average molecular weight is 151 g/mol. The largest absolute Gasteiger partial charge is 0.235 e. The van der Waals surface area contributed by atoms with E-state index in [9.17, 15) is 0 Å². The summed E-state index contributed by atoms with van der Waals surface area (Å²) < 4.78 is 0. The Morgan fingerprint density at radius 2 is 2.44 bits per heavy atom. The molecule has 0 N–H and O–H groups in total. The van der Waals surface area contributed by atoms with E-state index in [1.54, 1.807) is 0 Å². The van der Waals surface area contributed by atoms with E-state index in [1.165, 1.54) is 0 Å². The van der Waals surface area contributed by atoms with Crippen LogP contribution in [-0.4, -0.2) is 11.7 Å². The predicted octanol–water partition coefficient (Wildman–Crippen LogP) is 2.07. The van der Waals surface area contributed by atoms with Crippen molar-refractivity contribution in [3.05, 3.63) is 0 Å². The van der Waals surface area contributed by atoms with E-state index in [0.29, 0.717) is 6.61 Å². The summed E-state index contributed by atoms with van der Waals surface area (Å²) >= 11 is 5.91. The van der Waals surface area contributed by atoms with Crippen molar-refractivity contribution in [1.29, 1.82) is 0 Å². The lowest BCUT2D eigenvalue weighted by Gasteiger charge is -2.28. The normalized spacial score (nSPS) is 36.7. The van der Waals surface area contributed by atoms with Crippen molar-refractivity contribution in [3.63, 3.8) is 0 Å². The summed E-state index contributed by atoms with van der Waals surface area (Å²) in [6.45, 7) is 2.66. The van der Waals surface area contributed by atoms with Gasteiger partial charge in [-0.05, 0) is 19.3 Å². The molecule has 2 nitrogen and oxygen atoms in total. The van der Waals surface area contributed by atoms with Crippen LogP contribution in [0.1, 0.15) is 26.2 Å². The van der Waals surface area contributed by atoms with Crippen LogP contribution < -0.4 is 0 Å². The third-order valence-electron chi connectivity index (χ3n) is 1.51. The van der Waals surface area contributed by atoms with Crippen molar-refractivity contribution in [2.75, 3.05) is 6.61 Å². The molecule has 1 heterocycles. The van der Waals surface area contributed by atoms with Crippen molar-refractivity contribution < 1.29 is 9.78 Å². The number of hydrogen-bond acceptors (Lipinski definition) is 2. The SMILES string of the molecule is CCC1(Cl)CCCOO1. The van der Waals surface area contributed by atoms with Crippen LogP contribution >= 0.6 is 11.6 Å². The topological polar surface area (TPSA) is 18.5 Å². The minimum Gasteiger partial charge on any atom is -0.235 e.